The molecular formula is C20H26BrF2NOS. The molecule has 26 heavy (non-hydrogen) atoms. The zero-order valence-corrected chi connectivity index (χ0v) is 17.9. The van der Waals surface area contributed by atoms with Crippen molar-refractivity contribution in [3.8, 4) is 0 Å². The number of hydrogen-bond donors (Lipinski definition) is 0. The molecule has 1 spiro atoms. The van der Waals surface area contributed by atoms with Gasteiger partial charge in [0, 0.05) is 22.5 Å². The van der Waals surface area contributed by atoms with Crippen LogP contribution in [0.1, 0.15) is 63.5 Å². The highest BCUT2D eigenvalue weighted by Crippen LogP contribution is 2.56. The Bertz CT molecular complexity index is 721. The molecule has 0 radical (unpaired) electrons. The molecule has 144 valence electrons. The summed E-state index contributed by atoms with van der Waals surface area (Å²) in [5.74, 6) is -0.447. The number of benzene rings is 1. The first-order valence-electron chi connectivity index (χ1n) is 9.15. The molecule has 2 aliphatic carbocycles. The number of halogens is 3. The van der Waals surface area contributed by atoms with Gasteiger partial charge in [-0.1, -0.05) is 22.0 Å². The Morgan fingerprint density at radius 2 is 1.96 bits per heavy atom. The molecule has 1 saturated carbocycles. The molecule has 2 atom stereocenters. The Labute approximate surface area is 165 Å². The fraction of sp³-hybridized carbons (Fsp3) is 0.650. The van der Waals surface area contributed by atoms with E-state index < -0.39 is 28.1 Å². The highest BCUT2D eigenvalue weighted by molar-refractivity contribution is 9.10. The van der Waals surface area contributed by atoms with Crippen molar-refractivity contribution in [1.29, 1.82) is 0 Å². The first-order valence-corrected chi connectivity index (χ1v) is 11.0. The third-order valence-electron chi connectivity index (χ3n) is 5.86. The van der Waals surface area contributed by atoms with Crippen molar-refractivity contribution in [2.75, 3.05) is 0 Å². The van der Waals surface area contributed by atoms with Crippen LogP contribution >= 0.6 is 15.9 Å². The van der Waals surface area contributed by atoms with E-state index in [1.807, 2.05) is 33.1 Å². The molecule has 0 heterocycles. The van der Waals surface area contributed by atoms with Crippen molar-refractivity contribution < 1.29 is 13.0 Å². The lowest BCUT2D eigenvalue weighted by molar-refractivity contribution is 0.0246. The normalized spacial score (nSPS) is 30.3. The molecule has 2 aliphatic rings. The first kappa shape index (κ1) is 20.1. The van der Waals surface area contributed by atoms with E-state index in [9.17, 15) is 13.0 Å². The van der Waals surface area contributed by atoms with Gasteiger partial charge in [-0.2, -0.15) is 4.40 Å². The van der Waals surface area contributed by atoms with E-state index in [-0.39, 0.29) is 11.3 Å². The summed E-state index contributed by atoms with van der Waals surface area (Å²) in [4.78, 5) is 0. The van der Waals surface area contributed by atoms with Gasteiger partial charge in [0.25, 0.3) is 0 Å². The average Bonchev–Trinajstić information content (AvgIpc) is 2.84. The Balaban J connectivity index is 1.92. The summed E-state index contributed by atoms with van der Waals surface area (Å²) >= 11 is 3.54. The second-order valence-corrected chi connectivity index (χ2v) is 11.5. The minimum Gasteiger partial charge on any atom is -0.234 e. The molecule has 0 saturated heterocycles. The number of rotatable bonds is 3. The van der Waals surface area contributed by atoms with Crippen LogP contribution < -0.4 is 0 Å². The zero-order chi connectivity index (χ0) is 19.1. The van der Waals surface area contributed by atoms with Crippen LogP contribution in [-0.4, -0.2) is 21.6 Å². The Morgan fingerprint density at radius 3 is 2.54 bits per heavy atom. The lowest BCUT2D eigenvalue weighted by atomic mass is 9.64. The van der Waals surface area contributed by atoms with Crippen molar-refractivity contribution in [3.63, 3.8) is 0 Å². The maximum absolute atomic E-state index is 13.1. The van der Waals surface area contributed by atoms with E-state index in [1.54, 1.807) is 0 Å². The Hall–Kier alpha value is -0.620. The van der Waals surface area contributed by atoms with Crippen molar-refractivity contribution in [2.45, 2.75) is 70.0 Å². The molecule has 2 nitrogen and oxygen atoms in total. The van der Waals surface area contributed by atoms with Crippen LogP contribution in [0.15, 0.2) is 27.1 Å². The molecule has 1 aromatic rings. The van der Waals surface area contributed by atoms with E-state index in [4.69, 9.17) is 0 Å². The van der Waals surface area contributed by atoms with Gasteiger partial charge in [-0.25, -0.2) is 13.0 Å². The summed E-state index contributed by atoms with van der Waals surface area (Å²) < 4.78 is 43.7. The second kappa shape index (κ2) is 7.42. The fourth-order valence-corrected chi connectivity index (χ4v) is 5.23. The maximum Gasteiger partial charge on any atom is 0.241 e. The minimum absolute atomic E-state index is 0.0416. The van der Waals surface area contributed by atoms with Gasteiger partial charge in [-0.05, 0) is 81.5 Å². The van der Waals surface area contributed by atoms with Crippen molar-refractivity contribution in [2.24, 2.45) is 15.7 Å². The summed E-state index contributed by atoms with van der Waals surface area (Å²) in [6, 6.07) is 6.26. The molecular weight excluding hydrogens is 420 g/mol. The summed E-state index contributed by atoms with van der Waals surface area (Å²) in [5, 5.41) is 0. The van der Waals surface area contributed by atoms with Crippen LogP contribution in [0.4, 0.5) is 8.78 Å². The van der Waals surface area contributed by atoms with Gasteiger partial charge in [-0.3, -0.25) is 0 Å². The summed E-state index contributed by atoms with van der Waals surface area (Å²) in [6.45, 7) is 5.72. The number of nitrogens with zero attached hydrogens (tertiary/aromatic N) is 1. The van der Waals surface area contributed by atoms with E-state index >= 15 is 0 Å². The smallest absolute Gasteiger partial charge is 0.234 e. The van der Waals surface area contributed by atoms with Crippen molar-refractivity contribution in [1.82, 2.24) is 0 Å². The van der Waals surface area contributed by atoms with Gasteiger partial charge in [0.2, 0.25) is 6.43 Å². The number of fused-ring (bicyclic) bond motifs is 1. The third kappa shape index (κ3) is 3.96. The molecule has 0 amide bonds. The Kier molecular flexibility index (Phi) is 5.74. The summed E-state index contributed by atoms with van der Waals surface area (Å²) in [5.41, 5.74) is 2.39. The van der Waals surface area contributed by atoms with Crippen LogP contribution in [0, 0.1) is 11.3 Å². The minimum atomic E-state index is -2.23. The lowest BCUT2D eigenvalue weighted by Crippen LogP contribution is -2.34. The van der Waals surface area contributed by atoms with E-state index in [0.717, 1.165) is 23.7 Å². The van der Waals surface area contributed by atoms with Crippen LogP contribution in [0.5, 0.6) is 0 Å². The molecule has 3 rings (SSSR count). The van der Waals surface area contributed by atoms with Crippen LogP contribution in [0.25, 0.3) is 0 Å². The predicted molar refractivity (Wildman–Crippen MR) is 107 cm³/mol. The fourth-order valence-electron chi connectivity index (χ4n) is 4.30. The molecule has 1 fully saturated rings. The van der Waals surface area contributed by atoms with Gasteiger partial charge in [0.05, 0.1) is 4.75 Å². The van der Waals surface area contributed by atoms with Crippen molar-refractivity contribution >= 4 is 33.1 Å². The van der Waals surface area contributed by atoms with Crippen molar-refractivity contribution in [3.05, 3.63) is 33.8 Å². The molecule has 2 unspecified atom stereocenters. The topological polar surface area (TPSA) is 29.4 Å². The average molecular weight is 446 g/mol. The molecule has 0 aromatic heterocycles. The molecule has 0 N–H and O–H groups in total. The van der Waals surface area contributed by atoms with Gasteiger partial charge in [-0.15, -0.1) is 0 Å². The largest absolute Gasteiger partial charge is 0.241 e. The highest BCUT2D eigenvalue weighted by atomic mass is 79.9. The summed E-state index contributed by atoms with van der Waals surface area (Å²) in [6.07, 6.45) is 3.16. The number of alkyl halides is 2. The predicted octanol–water partition coefficient (Wildman–Crippen LogP) is 6.06. The molecule has 1 aromatic carbocycles. The lowest BCUT2D eigenvalue weighted by Gasteiger charge is -2.40. The van der Waals surface area contributed by atoms with E-state index in [2.05, 4.69) is 32.5 Å². The van der Waals surface area contributed by atoms with Crippen LogP contribution in [0.2, 0.25) is 0 Å². The maximum atomic E-state index is 13.1. The molecule has 0 bridgehead atoms. The molecule has 0 aliphatic heterocycles. The standard InChI is InChI=1S/C20H26BrF2NOS/c1-19(2,3)26(25)24-12-17-16-10-15(21)5-4-14(16)11-20(17)8-6-13(7-9-20)18(22)23/h4-5,10,12-13,17-18H,6-9,11H2,1-3H3. The van der Waals surface area contributed by atoms with Gasteiger partial charge >= 0.3 is 0 Å². The zero-order valence-electron chi connectivity index (χ0n) is 15.5. The SMILES string of the molecule is CC(C)(C)S(=O)N=CC1c2cc(Br)ccc2CC12CCC(C(F)F)CC2. The third-order valence-corrected chi connectivity index (χ3v) is 7.71. The monoisotopic (exact) mass is 445 g/mol. The quantitative estimate of drug-likeness (QED) is 0.519. The van der Waals surface area contributed by atoms with Gasteiger partial charge < -0.3 is 0 Å². The van der Waals surface area contributed by atoms with E-state index in [0.29, 0.717) is 12.8 Å². The van der Waals surface area contributed by atoms with Gasteiger partial charge in [0.1, 0.15) is 11.0 Å². The van der Waals surface area contributed by atoms with Gasteiger partial charge in [0.15, 0.2) is 0 Å². The molecule has 6 heteroatoms. The van der Waals surface area contributed by atoms with Crippen LogP contribution in [-0.2, 0) is 17.4 Å². The Morgan fingerprint density at radius 1 is 1.31 bits per heavy atom. The first-order chi connectivity index (χ1) is 12.1. The van der Waals surface area contributed by atoms with Crippen LogP contribution in [0.3, 0.4) is 0 Å². The highest BCUT2D eigenvalue weighted by Gasteiger charge is 2.48. The van der Waals surface area contributed by atoms with E-state index in [1.165, 1.54) is 11.1 Å². The number of hydrogen-bond acceptors (Lipinski definition) is 1. The second-order valence-electron chi connectivity index (χ2n) is 8.65. The summed E-state index contributed by atoms with van der Waals surface area (Å²) in [7, 11) is -1.31.